The predicted octanol–water partition coefficient (Wildman–Crippen LogP) is -1.65. The lowest BCUT2D eigenvalue weighted by Gasteiger charge is -2.20. The molecule has 2 heterocycles. The van der Waals surface area contributed by atoms with Crippen LogP contribution >= 0.6 is 0 Å². The normalized spacial score (nSPS) is 33.9. The van der Waals surface area contributed by atoms with Crippen LogP contribution in [0.4, 0.5) is 0 Å². The largest absolute Gasteiger partial charge is 0.465 e. The Morgan fingerprint density at radius 1 is 1.58 bits per heavy atom. The number of carbonyl (C=O) groups is 1. The summed E-state index contributed by atoms with van der Waals surface area (Å²) in [5.74, 6) is -0.944. The van der Waals surface area contributed by atoms with Crippen LogP contribution in [0.2, 0.25) is 0 Å². The van der Waals surface area contributed by atoms with Crippen LogP contribution in [-0.4, -0.2) is 53.9 Å². The number of rotatable bonds is 3. The van der Waals surface area contributed by atoms with E-state index in [2.05, 4.69) is 5.32 Å². The van der Waals surface area contributed by atoms with E-state index < -0.39 is 37.1 Å². The Labute approximate surface area is 109 Å². The van der Waals surface area contributed by atoms with Gasteiger partial charge >= 0.3 is 5.95 Å². The minimum Gasteiger partial charge on any atom is -0.465 e. The monoisotopic (exact) mass is 270 g/mol. The predicted molar refractivity (Wildman–Crippen MR) is 59.0 cm³/mol. The van der Waals surface area contributed by atoms with E-state index in [0.717, 1.165) is 0 Å². The highest BCUT2D eigenvalue weighted by molar-refractivity contribution is 5.97. The smallest absolute Gasteiger partial charge is 0.304 e. The second kappa shape index (κ2) is 5.44. The van der Waals surface area contributed by atoms with Crippen LogP contribution in [0.1, 0.15) is 6.92 Å². The summed E-state index contributed by atoms with van der Waals surface area (Å²) in [6, 6.07) is 1.69. The molecule has 0 radical (unpaired) electrons. The number of hydrogen-bond donors (Lipinski definition) is 3. The molecular formula is C11H14N2O6. The number of fused-ring (bicyclic) bond motifs is 1. The van der Waals surface area contributed by atoms with Gasteiger partial charge < -0.3 is 29.7 Å². The molecule has 0 saturated carbocycles. The third-order valence-electron chi connectivity index (χ3n) is 2.85. The van der Waals surface area contributed by atoms with Gasteiger partial charge in [-0.1, -0.05) is 0 Å². The topological polar surface area (TPSA) is 121 Å². The molecule has 3 N–H and O–H groups in total. The third-order valence-corrected chi connectivity index (χ3v) is 2.85. The van der Waals surface area contributed by atoms with Crippen LogP contribution in [-0.2, 0) is 19.0 Å². The summed E-state index contributed by atoms with van der Waals surface area (Å²) in [6.45, 7) is 1.46. The number of aliphatic hydroxyl groups excluding tert-OH is 2. The molecule has 0 aromatic heterocycles. The van der Waals surface area contributed by atoms with Crippen molar-refractivity contribution in [1.29, 1.82) is 5.26 Å². The summed E-state index contributed by atoms with van der Waals surface area (Å²) in [7, 11) is 0. The van der Waals surface area contributed by atoms with Crippen LogP contribution in [0.15, 0.2) is 11.5 Å². The third kappa shape index (κ3) is 2.35. The van der Waals surface area contributed by atoms with E-state index in [1.54, 1.807) is 13.0 Å². The molecule has 0 spiro atoms. The Balaban J connectivity index is 2.29. The van der Waals surface area contributed by atoms with Crippen molar-refractivity contribution in [2.24, 2.45) is 0 Å². The SMILES string of the molecule is CCOC1=C(C#N)C(=O)N[C@@H]2O[C@@H](CO)[C@@H](O)[C@@H]2O1. The zero-order valence-corrected chi connectivity index (χ0v) is 10.2. The second-order valence-electron chi connectivity index (χ2n) is 4.03. The summed E-state index contributed by atoms with van der Waals surface area (Å²) in [4.78, 5) is 11.8. The van der Waals surface area contributed by atoms with Gasteiger partial charge in [0.25, 0.3) is 5.91 Å². The van der Waals surface area contributed by atoms with Crippen LogP contribution in [0.5, 0.6) is 0 Å². The van der Waals surface area contributed by atoms with E-state index in [1.807, 2.05) is 0 Å². The van der Waals surface area contributed by atoms with Gasteiger partial charge in [-0.05, 0) is 6.92 Å². The van der Waals surface area contributed by atoms with Gasteiger partial charge in [0.2, 0.25) is 0 Å². The van der Waals surface area contributed by atoms with Crippen molar-refractivity contribution in [2.75, 3.05) is 13.2 Å². The Morgan fingerprint density at radius 3 is 2.89 bits per heavy atom. The van der Waals surface area contributed by atoms with E-state index in [4.69, 9.17) is 24.6 Å². The van der Waals surface area contributed by atoms with Gasteiger partial charge in [-0.2, -0.15) is 5.26 Å². The summed E-state index contributed by atoms with van der Waals surface area (Å²) >= 11 is 0. The highest BCUT2D eigenvalue weighted by atomic mass is 16.7. The van der Waals surface area contributed by atoms with Crippen molar-refractivity contribution in [3.8, 4) is 6.07 Å². The fourth-order valence-electron chi connectivity index (χ4n) is 1.95. The number of nitrogens with one attached hydrogen (secondary N) is 1. The van der Waals surface area contributed by atoms with Crippen LogP contribution in [0.3, 0.4) is 0 Å². The Hall–Kier alpha value is -1.82. The fourth-order valence-corrected chi connectivity index (χ4v) is 1.95. The molecule has 1 amide bonds. The maximum Gasteiger partial charge on any atom is 0.304 e. The van der Waals surface area contributed by atoms with Gasteiger partial charge in [-0.15, -0.1) is 0 Å². The molecule has 8 heteroatoms. The average Bonchev–Trinajstić information content (AvgIpc) is 2.60. The van der Waals surface area contributed by atoms with E-state index in [1.165, 1.54) is 0 Å². The summed E-state index contributed by atoms with van der Waals surface area (Å²) in [5, 5.41) is 30.3. The Kier molecular flexibility index (Phi) is 3.90. The highest BCUT2D eigenvalue weighted by Crippen LogP contribution is 2.28. The molecule has 0 aliphatic carbocycles. The molecule has 4 atom stereocenters. The van der Waals surface area contributed by atoms with Crippen LogP contribution in [0.25, 0.3) is 0 Å². The molecule has 19 heavy (non-hydrogen) atoms. The minimum absolute atomic E-state index is 0.200. The van der Waals surface area contributed by atoms with Crippen molar-refractivity contribution in [3.63, 3.8) is 0 Å². The van der Waals surface area contributed by atoms with Crippen LogP contribution < -0.4 is 5.32 Å². The number of aliphatic hydroxyl groups is 2. The first-order chi connectivity index (χ1) is 9.12. The van der Waals surface area contributed by atoms with Crippen molar-refractivity contribution in [2.45, 2.75) is 31.5 Å². The van der Waals surface area contributed by atoms with Gasteiger partial charge in [0.05, 0.1) is 13.2 Å². The first kappa shape index (κ1) is 13.6. The van der Waals surface area contributed by atoms with Crippen molar-refractivity contribution < 1.29 is 29.2 Å². The van der Waals surface area contributed by atoms with Gasteiger partial charge in [0.15, 0.2) is 17.9 Å². The van der Waals surface area contributed by atoms with Crippen molar-refractivity contribution in [1.82, 2.24) is 5.32 Å². The molecule has 2 aliphatic rings. The number of nitriles is 1. The van der Waals surface area contributed by atoms with E-state index >= 15 is 0 Å². The van der Waals surface area contributed by atoms with Crippen molar-refractivity contribution >= 4 is 5.91 Å². The maximum atomic E-state index is 11.8. The molecule has 104 valence electrons. The average molecular weight is 270 g/mol. The molecule has 2 rings (SSSR count). The van der Waals surface area contributed by atoms with Gasteiger partial charge in [-0.25, -0.2) is 0 Å². The fraction of sp³-hybridized carbons (Fsp3) is 0.636. The number of amides is 1. The first-order valence-electron chi connectivity index (χ1n) is 5.81. The van der Waals surface area contributed by atoms with E-state index in [9.17, 15) is 9.90 Å². The highest BCUT2D eigenvalue weighted by Gasteiger charge is 2.48. The molecule has 0 unspecified atom stereocenters. The lowest BCUT2D eigenvalue weighted by Crippen LogP contribution is -2.43. The molecule has 1 fully saturated rings. The van der Waals surface area contributed by atoms with Crippen LogP contribution in [0, 0.1) is 11.3 Å². The van der Waals surface area contributed by atoms with Gasteiger partial charge in [-0.3, -0.25) is 4.79 Å². The quantitative estimate of drug-likeness (QED) is 0.561. The zero-order chi connectivity index (χ0) is 14.0. The lowest BCUT2D eigenvalue weighted by molar-refractivity contribution is -0.122. The number of nitrogens with zero attached hydrogens (tertiary/aromatic N) is 1. The standard InChI is InChI=1S/C11H14N2O6/c1-2-17-11-5(3-12)9(16)13-10-8(19-11)7(15)6(4-14)18-10/h6-8,10,14-15H,2,4H2,1H3,(H,13,16)/t6-,7+,8-,10+/m0/s1. The van der Waals surface area contributed by atoms with E-state index in [0.29, 0.717) is 0 Å². The molecule has 0 aromatic rings. The molecular weight excluding hydrogens is 256 g/mol. The summed E-state index contributed by atoms with van der Waals surface area (Å²) in [5.41, 5.74) is -0.312. The van der Waals surface area contributed by atoms with Gasteiger partial charge in [0, 0.05) is 0 Å². The van der Waals surface area contributed by atoms with Crippen molar-refractivity contribution in [3.05, 3.63) is 11.5 Å². The number of carbonyl (C=O) groups excluding carboxylic acids is 1. The van der Waals surface area contributed by atoms with Gasteiger partial charge in [0.1, 0.15) is 18.3 Å². The molecule has 2 aliphatic heterocycles. The molecule has 8 nitrogen and oxygen atoms in total. The summed E-state index contributed by atoms with van der Waals surface area (Å²) in [6.07, 6.45) is -3.87. The minimum atomic E-state index is -1.14. The Bertz CT molecular complexity index is 443. The second-order valence-corrected chi connectivity index (χ2v) is 4.03. The lowest BCUT2D eigenvalue weighted by atomic mass is 10.1. The molecule has 0 aromatic carbocycles. The molecule has 0 bridgehead atoms. The first-order valence-corrected chi connectivity index (χ1v) is 5.81. The maximum absolute atomic E-state index is 11.8. The van der Waals surface area contributed by atoms with E-state index in [-0.39, 0.29) is 18.1 Å². The zero-order valence-electron chi connectivity index (χ0n) is 10.2. The number of hydrogen-bond acceptors (Lipinski definition) is 7. The summed E-state index contributed by atoms with van der Waals surface area (Å²) < 4.78 is 15.7. The molecule has 1 saturated heterocycles. The Morgan fingerprint density at radius 2 is 2.32 bits per heavy atom. The number of ether oxygens (including phenoxy) is 3.